The average molecular weight is 469 g/mol. The highest BCUT2D eigenvalue weighted by molar-refractivity contribution is 6.00. The third-order valence-electron chi connectivity index (χ3n) is 7.84. The highest BCUT2D eigenvalue weighted by atomic mass is 19.4. The molecule has 2 saturated carbocycles. The van der Waals surface area contributed by atoms with Gasteiger partial charge in [-0.05, 0) is 54.9 Å². The van der Waals surface area contributed by atoms with Crippen LogP contribution in [0.15, 0.2) is 24.3 Å². The number of fused-ring (bicyclic) bond motifs is 1. The van der Waals surface area contributed by atoms with Gasteiger partial charge in [-0.25, -0.2) is 4.98 Å². The van der Waals surface area contributed by atoms with Crippen LogP contribution in [0.3, 0.4) is 0 Å². The molecule has 4 atom stereocenters. The van der Waals surface area contributed by atoms with Crippen molar-refractivity contribution in [2.45, 2.75) is 31.6 Å². The number of ether oxygens (including phenoxy) is 1. The molecule has 34 heavy (non-hydrogen) atoms. The summed E-state index contributed by atoms with van der Waals surface area (Å²) in [5.74, 6) is 2.64. The first-order valence-electron chi connectivity index (χ1n) is 11.2. The number of amides is 1. The van der Waals surface area contributed by atoms with Gasteiger partial charge < -0.3 is 18.8 Å². The standard InChI is InChI=1S/C24H22F3N5O2/c1-30-21-16(29-22(30)17-4-3-15(9-28)32(17)11-24(25,26)27)6-13(8-19(21)34-2)23(33)31-10-14-5-12-7-18(31)20(12)14/h3-4,6,8,12,14,18,20H,5,7,10-11H2,1-2H3/t12?,14-,18-,20-/m1/s1. The molecule has 0 N–H and O–H groups in total. The smallest absolute Gasteiger partial charge is 0.406 e. The summed E-state index contributed by atoms with van der Waals surface area (Å²) in [5.41, 5.74) is 1.54. The van der Waals surface area contributed by atoms with E-state index in [4.69, 9.17) is 4.74 Å². The Hall–Kier alpha value is -3.48. The summed E-state index contributed by atoms with van der Waals surface area (Å²) in [6.07, 6.45) is -2.23. The Bertz CT molecular complexity index is 1380. The number of hydrogen-bond donors (Lipinski definition) is 0. The normalized spacial score (nSPS) is 25.0. The second-order valence-electron chi connectivity index (χ2n) is 9.55. The van der Waals surface area contributed by atoms with Crippen molar-refractivity contribution < 1.29 is 22.7 Å². The lowest BCUT2D eigenvalue weighted by molar-refractivity contribution is -0.140. The minimum Gasteiger partial charge on any atom is -0.494 e. The number of alkyl halides is 3. The molecular weight excluding hydrogens is 447 g/mol. The fourth-order valence-electron chi connectivity index (χ4n) is 6.29. The van der Waals surface area contributed by atoms with Gasteiger partial charge in [0.05, 0.1) is 18.3 Å². The molecule has 1 unspecified atom stereocenters. The van der Waals surface area contributed by atoms with Crippen LogP contribution in [0.5, 0.6) is 5.75 Å². The van der Waals surface area contributed by atoms with E-state index < -0.39 is 12.7 Å². The molecule has 6 rings (SSSR count). The van der Waals surface area contributed by atoms with Crippen molar-refractivity contribution in [3.8, 4) is 23.3 Å². The number of carbonyl (C=O) groups excluding carboxylic acids is 1. The maximum atomic E-state index is 13.4. The summed E-state index contributed by atoms with van der Waals surface area (Å²) >= 11 is 0. The summed E-state index contributed by atoms with van der Waals surface area (Å²) in [5, 5.41) is 9.31. The SMILES string of the molecule is COc1cc(C(=O)N2C[C@H]3CC4C[C@@H]2[C@H]43)cc2nc(-c3ccc(C#N)n3CC(F)(F)F)n(C)c12. The maximum absolute atomic E-state index is 13.4. The highest BCUT2D eigenvalue weighted by Crippen LogP contribution is 2.60. The van der Waals surface area contributed by atoms with E-state index in [0.29, 0.717) is 40.2 Å². The van der Waals surface area contributed by atoms with Crippen LogP contribution in [0.4, 0.5) is 13.2 Å². The van der Waals surface area contributed by atoms with E-state index in [1.165, 1.54) is 25.7 Å². The summed E-state index contributed by atoms with van der Waals surface area (Å²) in [7, 11) is 3.17. The summed E-state index contributed by atoms with van der Waals surface area (Å²) in [4.78, 5) is 20.0. The monoisotopic (exact) mass is 469 g/mol. The zero-order chi connectivity index (χ0) is 23.9. The number of rotatable bonds is 4. The quantitative estimate of drug-likeness (QED) is 0.580. The predicted molar refractivity (Wildman–Crippen MR) is 116 cm³/mol. The largest absolute Gasteiger partial charge is 0.494 e. The molecule has 1 aliphatic heterocycles. The molecule has 2 aliphatic carbocycles. The number of halogens is 3. The van der Waals surface area contributed by atoms with Crippen LogP contribution in [0, 0.1) is 29.1 Å². The summed E-state index contributed by atoms with van der Waals surface area (Å²) in [6.45, 7) is -0.525. The van der Waals surface area contributed by atoms with Crippen LogP contribution >= 0.6 is 0 Å². The minimum absolute atomic E-state index is 0.0579. The lowest BCUT2D eigenvalue weighted by Crippen LogP contribution is -2.53. The first-order valence-corrected chi connectivity index (χ1v) is 11.2. The number of imidazole rings is 1. The number of carbonyl (C=O) groups is 1. The van der Waals surface area contributed by atoms with Crippen LogP contribution < -0.4 is 4.74 Å². The third-order valence-corrected chi connectivity index (χ3v) is 7.84. The van der Waals surface area contributed by atoms with Gasteiger partial charge in [-0.2, -0.15) is 18.4 Å². The Morgan fingerprint density at radius 2 is 2.06 bits per heavy atom. The van der Waals surface area contributed by atoms with E-state index in [9.17, 15) is 23.2 Å². The van der Waals surface area contributed by atoms with Gasteiger partial charge in [-0.15, -0.1) is 0 Å². The number of likely N-dealkylation sites (tertiary alicyclic amines) is 1. The second kappa shape index (κ2) is 7.01. The van der Waals surface area contributed by atoms with E-state index in [2.05, 4.69) is 4.98 Å². The van der Waals surface area contributed by atoms with Gasteiger partial charge >= 0.3 is 6.18 Å². The summed E-state index contributed by atoms with van der Waals surface area (Å²) in [6, 6.07) is 8.29. The zero-order valence-corrected chi connectivity index (χ0v) is 18.6. The molecule has 0 bridgehead atoms. The summed E-state index contributed by atoms with van der Waals surface area (Å²) < 4.78 is 47.8. The number of hydrogen-bond acceptors (Lipinski definition) is 4. The molecule has 10 heteroatoms. The van der Waals surface area contributed by atoms with Gasteiger partial charge in [-0.1, -0.05) is 0 Å². The fraction of sp³-hybridized carbons (Fsp3) is 0.458. The Labute approximate surface area is 193 Å². The lowest BCUT2D eigenvalue weighted by atomic mass is 9.53. The molecule has 7 nitrogen and oxygen atoms in total. The van der Waals surface area contributed by atoms with Crippen LogP contribution in [0.25, 0.3) is 22.6 Å². The fourth-order valence-corrected chi connectivity index (χ4v) is 6.29. The Balaban J connectivity index is 1.43. The highest BCUT2D eigenvalue weighted by Gasteiger charge is 2.61. The van der Waals surface area contributed by atoms with Crippen LogP contribution in [0.1, 0.15) is 28.9 Å². The topological polar surface area (TPSA) is 76.1 Å². The van der Waals surface area contributed by atoms with Crippen molar-refractivity contribution in [1.29, 1.82) is 5.26 Å². The number of benzene rings is 1. The van der Waals surface area contributed by atoms with E-state index in [1.807, 2.05) is 11.0 Å². The predicted octanol–water partition coefficient (Wildman–Crippen LogP) is 3.96. The number of methoxy groups -OCH3 is 1. The van der Waals surface area contributed by atoms with Crippen LogP contribution in [-0.4, -0.2) is 50.8 Å². The lowest BCUT2D eigenvalue weighted by Gasteiger charge is -2.52. The molecule has 2 aromatic heterocycles. The van der Waals surface area contributed by atoms with Crippen molar-refractivity contribution in [3.05, 3.63) is 35.5 Å². The van der Waals surface area contributed by atoms with Gasteiger partial charge in [0.25, 0.3) is 5.91 Å². The molecule has 1 amide bonds. The molecule has 176 valence electrons. The van der Waals surface area contributed by atoms with E-state index in [1.54, 1.807) is 23.7 Å². The van der Waals surface area contributed by atoms with Crippen LogP contribution in [0.2, 0.25) is 0 Å². The molecule has 1 aromatic carbocycles. The molecule has 0 spiro atoms. The van der Waals surface area contributed by atoms with E-state index in [-0.39, 0.29) is 23.1 Å². The van der Waals surface area contributed by atoms with E-state index >= 15 is 0 Å². The zero-order valence-electron chi connectivity index (χ0n) is 18.6. The first kappa shape index (κ1) is 21.1. The molecule has 1 saturated heterocycles. The van der Waals surface area contributed by atoms with Crippen molar-refractivity contribution in [2.75, 3.05) is 13.7 Å². The molecule has 3 heterocycles. The van der Waals surface area contributed by atoms with Crippen molar-refractivity contribution >= 4 is 16.9 Å². The minimum atomic E-state index is -4.50. The van der Waals surface area contributed by atoms with Gasteiger partial charge in [0.1, 0.15) is 29.6 Å². The van der Waals surface area contributed by atoms with Gasteiger partial charge in [0.2, 0.25) is 0 Å². The van der Waals surface area contributed by atoms with Gasteiger partial charge in [-0.3, -0.25) is 4.79 Å². The Morgan fingerprint density at radius 1 is 1.26 bits per heavy atom. The molecule has 3 aliphatic rings. The van der Waals surface area contributed by atoms with Gasteiger partial charge in [0.15, 0.2) is 5.82 Å². The van der Waals surface area contributed by atoms with Crippen LogP contribution in [-0.2, 0) is 13.6 Å². The number of aryl methyl sites for hydroxylation is 1. The van der Waals surface area contributed by atoms with Crippen molar-refractivity contribution in [3.63, 3.8) is 0 Å². The van der Waals surface area contributed by atoms with Crippen molar-refractivity contribution in [2.24, 2.45) is 24.8 Å². The average Bonchev–Trinajstić information content (AvgIpc) is 3.31. The van der Waals surface area contributed by atoms with E-state index in [0.717, 1.165) is 23.5 Å². The second-order valence-corrected chi connectivity index (χ2v) is 9.55. The molecule has 0 radical (unpaired) electrons. The third kappa shape index (κ3) is 2.89. The molecule has 3 fully saturated rings. The first-order chi connectivity index (χ1) is 16.2. The number of nitrogens with zero attached hydrogens (tertiary/aromatic N) is 5. The van der Waals surface area contributed by atoms with Crippen molar-refractivity contribution in [1.82, 2.24) is 19.0 Å². The molecular formula is C24H22F3N5O2. The number of nitriles is 1. The number of aromatic nitrogens is 3. The Morgan fingerprint density at radius 3 is 2.71 bits per heavy atom. The maximum Gasteiger partial charge on any atom is 0.406 e. The Kier molecular flexibility index (Phi) is 4.35. The van der Waals surface area contributed by atoms with Gasteiger partial charge in [0, 0.05) is 25.2 Å². The molecule has 3 aromatic rings.